The molecule has 0 N–H and O–H groups in total. The normalized spacial score (nSPS) is 11.1. The summed E-state index contributed by atoms with van der Waals surface area (Å²) in [6, 6.07) is 0. The van der Waals surface area contributed by atoms with Gasteiger partial charge in [0.15, 0.2) is 0 Å². The Morgan fingerprint density at radius 2 is 0.724 bits per heavy atom. The second kappa shape index (κ2) is 24.4. The van der Waals surface area contributed by atoms with E-state index in [4.69, 9.17) is 139 Å². The van der Waals surface area contributed by atoms with Crippen molar-refractivity contribution >= 4 is 309 Å². The Morgan fingerprint density at radius 1 is 0.303 bits per heavy atom. The lowest BCUT2D eigenvalue weighted by molar-refractivity contribution is 1.17. The molecule has 40 radical (unpaired) electrons. The maximum atomic E-state index is 7.92. The van der Waals surface area contributed by atoms with Crippen molar-refractivity contribution in [1.82, 2.24) is 0 Å². The Labute approximate surface area is 490 Å². The molecule has 0 atom stereocenters. The van der Waals surface area contributed by atoms with Gasteiger partial charge in [0, 0.05) is 191 Å². The van der Waals surface area contributed by atoms with Crippen molar-refractivity contribution in [3.63, 3.8) is 0 Å². The van der Waals surface area contributed by atoms with Crippen LogP contribution in [-0.4, -0.2) is 239 Å². The molecule has 0 aliphatic heterocycles. The number of hydrogen-bond donors (Lipinski definition) is 0. The highest BCUT2D eigenvalue weighted by molar-refractivity contribution is 7.89. The van der Waals surface area contributed by atoms with Crippen molar-refractivity contribution < 1.29 is 0 Å². The van der Waals surface area contributed by atoms with E-state index in [1.807, 2.05) is 0 Å². The van der Waals surface area contributed by atoms with Crippen LogP contribution in [0.25, 0.3) is 54.6 Å². The van der Waals surface area contributed by atoms with Crippen LogP contribution in [-0.2, 0) is 0 Å². The first-order chi connectivity index (χ1) is 35.4. The SMILES string of the molecule is [B][B]B([B])B(B([B])[B])c1c(B(B([B])[B])B([B])[B])c(B([B][B])B([B])[B])c(B([B])B([B])[B])c2c(B([B])[B][B])c(-c3c4c(C)c(C)c(C)c(C)c4c(C)c4c(-c5c(C)c(C)c(C)c(C)c5C)c(C)c(C)c(C)c34)c([B][B])c([B])c12. The van der Waals surface area contributed by atoms with E-state index in [0.29, 0.717) is 27.3 Å². The van der Waals surface area contributed by atoms with E-state index in [1.165, 1.54) is 61.7 Å². The molecule has 0 aliphatic rings. The van der Waals surface area contributed by atoms with Crippen molar-refractivity contribution in [2.45, 2.75) is 90.0 Å². The molecular formula is C43H39B33. The van der Waals surface area contributed by atoms with Gasteiger partial charge in [-0.2, -0.15) is 0 Å². The van der Waals surface area contributed by atoms with Gasteiger partial charge in [-0.1, -0.05) is 27.3 Å². The van der Waals surface area contributed by atoms with Gasteiger partial charge in [-0.15, -0.1) is 10.9 Å². The summed E-state index contributed by atoms with van der Waals surface area (Å²) < 4.78 is 0. The predicted molar refractivity (Wildman–Crippen MR) is 379 cm³/mol. The zero-order valence-electron chi connectivity index (χ0n) is 47.1. The van der Waals surface area contributed by atoms with Gasteiger partial charge in [0.2, 0.25) is 0 Å². The first-order valence-corrected chi connectivity index (χ1v) is 25.9. The minimum atomic E-state index is -1.27. The maximum Gasteiger partial charge on any atom is 0.113 e. The van der Waals surface area contributed by atoms with Gasteiger partial charge < -0.3 is 0 Å². The van der Waals surface area contributed by atoms with Crippen LogP contribution in [0.5, 0.6) is 0 Å². The van der Waals surface area contributed by atoms with Gasteiger partial charge in [0.1, 0.15) is 7.85 Å². The van der Waals surface area contributed by atoms with Crippen LogP contribution in [0.4, 0.5) is 0 Å². The lowest BCUT2D eigenvalue weighted by atomic mass is 8.66. The van der Waals surface area contributed by atoms with E-state index < -0.39 is 70.8 Å². The number of aryl methyl sites for hydroxylation is 4. The molecule has 6 rings (SSSR count). The van der Waals surface area contributed by atoms with E-state index in [-0.39, 0.29) is 27.2 Å². The summed E-state index contributed by atoms with van der Waals surface area (Å²) in [6.45, 7) is 22.7. The summed E-state index contributed by atoms with van der Waals surface area (Å²) in [4.78, 5) is 0. The molecule has 0 bridgehead atoms. The smallest absolute Gasteiger partial charge is 0.113 e. The number of fused-ring (bicyclic) bond motifs is 3. The van der Waals surface area contributed by atoms with Gasteiger partial charge in [0.05, 0.1) is 39.6 Å². The van der Waals surface area contributed by atoms with E-state index >= 15 is 0 Å². The zero-order valence-corrected chi connectivity index (χ0v) is 47.1. The van der Waals surface area contributed by atoms with E-state index in [9.17, 15) is 0 Å². The fraction of sp³-hybridized carbons (Fsp3) is 0.302. The first-order valence-electron chi connectivity index (χ1n) is 25.9. The Kier molecular flexibility index (Phi) is 20.3. The Bertz CT molecular complexity index is 3240. The number of rotatable bonds is 17. The van der Waals surface area contributed by atoms with E-state index in [2.05, 4.69) is 90.0 Å². The summed E-state index contributed by atoms with van der Waals surface area (Å²) in [5.41, 5.74) is 20.6. The molecule has 0 fully saturated rings. The number of benzene rings is 6. The Morgan fingerprint density at radius 3 is 1.14 bits per heavy atom. The third kappa shape index (κ3) is 10.1. The molecule has 33 heteroatoms. The molecule has 0 aliphatic carbocycles. The predicted octanol–water partition coefficient (Wildman–Crippen LogP) is -5.85. The summed E-state index contributed by atoms with van der Waals surface area (Å²) >= 11 is 0. The Balaban J connectivity index is 2.27. The van der Waals surface area contributed by atoms with Crippen LogP contribution in [0, 0.1) is 90.0 Å². The third-order valence-corrected chi connectivity index (χ3v) is 17.8. The molecule has 0 amide bonds. The fourth-order valence-corrected chi connectivity index (χ4v) is 12.8. The molecule has 310 valence electrons. The topological polar surface area (TPSA) is 0 Å². The number of hydrogen-bond acceptors (Lipinski definition) is 0. The molecule has 76 heavy (non-hydrogen) atoms. The maximum absolute atomic E-state index is 7.92. The largest absolute Gasteiger partial charge is 0.113 e. The quantitative estimate of drug-likeness (QED) is 0.0634. The fourth-order valence-electron chi connectivity index (χ4n) is 12.8. The molecule has 0 saturated carbocycles. The molecule has 0 nitrogen and oxygen atoms in total. The summed E-state index contributed by atoms with van der Waals surface area (Å²) in [6.07, 6.45) is -7.36. The van der Waals surface area contributed by atoms with Crippen molar-refractivity contribution in [2.24, 2.45) is 0 Å². The third-order valence-electron chi connectivity index (χ3n) is 17.8. The summed E-state index contributed by atoms with van der Waals surface area (Å²) in [7, 11) is 130. The van der Waals surface area contributed by atoms with Crippen LogP contribution >= 0.6 is 0 Å². The van der Waals surface area contributed by atoms with Crippen molar-refractivity contribution in [3.8, 4) is 22.3 Å². The molecule has 0 spiro atoms. The molecule has 0 heterocycles. The highest BCUT2D eigenvalue weighted by Gasteiger charge is 2.42. The molecule has 0 saturated heterocycles. The van der Waals surface area contributed by atoms with E-state index in [1.54, 1.807) is 0 Å². The van der Waals surface area contributed by atoms with E-state index in [0.717, 1.165) is 77.2 Å². The van der Waals surface area contributed by atoms with Gasteiger partial charge in [0.25, 0.3) is 0 Å². The summed E-state index contributed by atoms with van der Waals surface area (Å²) in [5.74, 6) is 0. The highest BCUT2D eigenvalue weighted by Crippen LogP contribution is 2.50. The first kappa shape index (κ1) is 63.4. The van der Waals surface area contributed by atoms with Crippen LogP contribution in [0.2, 0.25) is 0 Å². The van der Waals surface area contributed by atoms with Crippen LogP contribution < -0.4 is 38.2 Å². The van der Waals surface area contributed by atoms with Crippen LogP contribution in [0.3, 0.4) is 0 Å². The highest BCUT2D eigenvalue weighted by atomic mass is 14.3. The molecule has 6 aromatic rings. The second-order valence-corrected chi connectivity index (χ2v) is 21.6. The zero-order chi connectivity index (χ0) is 57.5. The van der Waals surface area contributed by atoms with Crippen LogP contribution in [0.15, 0.2) is 0 Å². The lowest BCUT2D eigenvalue weighted by Gasteiger charge is -2.42. The van der Waals surface area contributed by atoms with Crippen molar-refractivity contribution in [3.05, 3.63) is 72.3 Å². The molecular weight excluding hydrogens is 873 g/mol. The molecule has 6 aromatic carbocycles. The summed E-state index contributed by atoms with van der Waals surface area (Å²) in [5, 5.41) is 4.67. The Hall–Kier alpha value is -1.76. The minimum Gasteiger partial charge on any atom is -0.113 e. The standard InChI is InChI=1S/C43H39B33/c1-14-15(2)20(7)27(21(8)16(14)3)29-24(11)19(6)25(12)31-32(29)26(13)28-22(9)17(4)18(5)23(10)30(28)33(31)35-38(62-45)37(44)34-36(39(35)66(49)63-46)40(67(50)71(51)52)42(68(64-47)72(53)54)43(69(73(55)56)74(57)58)41(34)70(75(59)60)76(61)65-48/h1-13H3. The monoisotopic (exact) mass is 919 g/mol. The molecule has 0 aromatic heterocycles. The minimum absolute atomic E-state index is 0.135. The lowest BCUT2D eigenvalue weighted by Crippen LogP contribution is -2.80. The average molecular weight is 913 g/mol. The van der Waals surface area contributed by atoms with Gasteiger partial charge in [-0.05, 0) is 217 Å². The average Bonchev–Trinajstić information content (AvgIpc) is 3.37. The molecule has 0 unspecified atom stereocenters. The van der Waals surface area contributed by atoms with Crippen molar-refractivity contribution in [2.75, 3.05) is 0 Å². The second-order valence-electron chi connectivity index (χ2n) is 21.6. The van der Waals surface area contributed by atoms with Crippen molar-refractivity contribution in [1.29, 1.82) is 0 Å². The van der Waals surface area contributed by atoms with Gasteiger partial charge in [-0.3, -0.25) is 0 Å². The van der Waals surface area contributed by atoms with Gasteiger partial charge >= 0.3 is 0 Å². The van der Waals surface area contributed by atoms with Crippen LogP contribution in [0.1, 0.15) is 72.3 Å². The van der Waals surface area contributed by atoms with Gasteiger partial charge in [-0.25, -0.2) is 0 Å².